The molecule has 3 rings (SSSR count). The number of hydrogen-bond donors (Lipinski definition) is 1. The zero-order valence-electron chi connectivity index (χ0n) is 12.9. The molecular formula is C17H18BrN3O2. The van der Waals surface area contributed by atoms with E-state index in [1.807, 2.05) is 25.1 Å². The predicted octanol–water partition coefficient (Wildman–Crippen LogP) is 3.69. The molecular weight excluding hydrogens is 358 g/mol. The third-order valence-corrected chi connectivity index (χ3v) is 4.49. The molecule has 1 fully saturated rings. The number of ether oxygens (including phenoxy) is 1. The first-order valence-corrected chi connectivity index (χ1v) is 8.40. The second-order valence-electron chi connectivity index (χ2n) is 5.63. The lowest BCUT2D eigenvalue weighted by atomic mass is 9.96. The van der Waals surface area contributed by atoms with Gasteiger partial charge >= 0.3 is 0 Å². The summed E-state index contributed by atoms with van der Waals surface area (Å²) in [6.45, 7) is 3.44. The van der Waals surface area contributed by atoms with Crippen molar-refractivity contribution in [2.75, 3.05) is 18.5 Å². The molecule has 2 heterocycles. The van der Waals surface area contributed by atoms with Gasteiger partial charge in [0.15, 0.2) is 0 Å². The van der Waals surface area contributed by atoms with Gasteiger partial charge in [-0.3, -0.25) is 4.79 Å². The van der Waals surface area contributed by atoms with Crippen molar-refractivity contribution in [1.82, 2.24) is 9.97 Å². The largest absolute Gasteiger partial charge is 0.381 e. The van der Waals surface area contributed by atoms with Crippen molar-refractivity contribution in [3.05, 3.63) is 52.0 Å². The fourth-order valence-electron chi connectivity index (χ4n) is 2.67. The van der Waals surface area contributed by atoms with Gasteiger partial charge in [0.25, 0.3) is 5.91 Å². The van der Waals surface area contributed by atoms with Gasteiger partial charge in [0.05, 0.1) is 0 Å². The molecule has 0 saturated carbocycles. The lowest BCUT2D eigenvalue weighted by Gasteiger charge is -2.21. The number of nitrogens with one attached hydrogen (secondary N) is 1. The van der Waals surface area contributed by atoms with Crippen molar-refractivity contribution in [2.45, 2.75) is 25.7 Å². The lowest BCUT2D eigenvalue weighted by Crippen LogP contribution is -2.18. The highest BCUT2D eigenvalue weighted by molar-refractivity contribution is 9.10. The summed E-state index contributed by atoms with van der Waals surface area (Å²) in [5, 5.41) is 2.91. The minimum Gasteiger partial charge on any atom is -0.381 e. The Morgan fingerprint density at radius 2 is 2.04 bits per heavy atom. The summed E-state index contributed by atoms with van der Waals surface area (Å²) in [6.07, 6.45) is 3.34. The van der Waals surface area contributed by atoms with Gasteiger partial charge in [-0.15, -0.1) is 0 Å². The Bertz CT molecular complexity index is 715. The molecule has 0 unspecified atom stereocenters. The van der Waals surface area contributed by atoms with E-state index in [1.54, 1.807) is 6.07 Å². The van der Waals surface area contributed by atoms with Crippen LogP contribution in [-0.2, 0) is 4.74 Å². The van der Waals surface area contributed by atoms with E-state index in [4.69, 9.17) is 4.74 Å². The fourth-order valence-corrected chi connectivity index (χ4v) is 3.14. The van der Waals surface area contributed by atoms with Gasteiger partial charge in [0, 0.05) is 35.0 Å². The number of hydrogen-bond acceptors (Lipinski definition) is 4. The zero-order chi connectivity index (χ0) is 16.2. The molecule has 1 amide bonds. The number of anilines is 1. The number of nitrogens with zero attached hydrogens (tertiary/aromatic N) is 2. The summed E-state index contributed by atoms with van der Waals surface area (Å²) in [5.41, 5.74) is 3.08. The van der Waals surface area contributed by atoms with Crippen LogP contribution >= 0.6 is 15.9 Å². The van der Waals surface area contributed by atoms with Crippen LogP contribution in [0.5, 0.6) is 0 Å². The third kappa shape index (κ3) is 3.95. The van der Waals surface area contributed by atoms with Gasteiger partial charge in [-0.1, -0.05) is 15.9 Å². The van der Waals surface area contributed by atoms with Crippen LogP contribution in [0.2, 0.25) is 0 Å². The van der Waals surface area contributed by atoms with Crippen molar-refractivity contribution in [2.24, 2.45) is 0 Å². The van der Waals surface area contributed by atoms with Gasteiger partial charge < -0.3 is 10.1 Å². The van der Waals surface area contributed by atoms with Crippen molar-refractivity contribution in [3.63, 3.8) is 0 Å². The molecule has 0 radical (unpaired) electrons. The molecule has 1 saturated heterocycles. The molecule has 5 nitrogen and oxygen atoms in total. The molecule has 1 aromatic carbocycles. The number of benzene rings is 1. The van der Waals surface area contributed by atoms with E-state index in [1.165, 1.54) is 6.33 Å². The summed E-state index contributed by atoms with van der Waals surface area (Å²) >= 11 is 3.42. The van der Waals surface area contributed by atoms with Gasteiger partial charge in [-0.05, 0) is 49.6 Å². The van der Waals surface area contributed by atoms with Gasteiger partial charge in [0.2, 0.25) is 0 Å². The molecule has 120 valence electrons. The number of aromatic nitrogens is 2. The first-order valence-electron chi connectivity index (χ1n) is 7.60. The smallest absolute Gasteiger partial charge is 0.274 e. The number of rotatable bonds is 3. The number of aryl methyl sites for hydroxylation is 1. The molecule has 0 spiro atoms. The first kappa shape index (κ1) is 16.1. The molecule has 0 bridgehead atoms. The average Bonchev–Trinajstić information content (AvgIpc) is 2.58. The van der Waals surface area contributed by atoms with Crippen LogP contribution in [0.15, 0.2) is 35.1 Å². The van der Waals surface area contributed by atoms with Crippen molar-refractivity contribution < 1.29 is 9.53 Å². The van der Waals surface area contributed by atoms with Crippen molar-refractivity contribution in [3.8, 4) is 0 Å². The maximum absolute atomic E-state index is 12.4. The SMILES string of the molecule is Cc1cc(Br)ccc1NC(=O)c1cc(C2CCOCC2)ncn1. The summed E-state index contributed by atoms with van der Waals surface area (Å²) in [6, 6.07) is 7.52. The standard InChI is InChI=1S/C17H18BrN3O2/c1-11-8-13(18)2-3-14(11)21-17(22)16-9-15(19-10-20-16)12-4-6-23-7-5-12/h2-3,8-10,12H,4-7H2,1H3,(H,21,22). The van der Waals surface area contributed by atoms with E-state index < -0.39 is 0 Å². The van der Waals surface area contributed by atoms with E-state index in [9.17, 15) is 4.79 Å². The number of halogens is 1. The zero-order valence-corrected chi connectivity index (χ0v) is 14.5. The van der Waals surface area contributed by atoms with Crippen LogP contribution in [0.1, 0.15) is 40.5 Å². The van der Waals surface area contributed by atoms with Crippen molar-refractivity contribution in [1.29, 1.82) is 0 Å². The Morgan fingerprint density at radius 3 is 2.78 bits per heavy atom. The molecule has 2 aromatic rings. The Balaban J connectivity index is 1.76. The van der Waals surface area contributed by atoms with Gasteiger partial charge in [0.1, 0.15) is 12.0 Å². The third-order valence-electron chi connectivity index (χ3n) is 4.00. The lowest BCUT2D eigenvalue weighted by molar-refractivity contribution is 0.0844. The second-order valence-corrected chi connectivity index (χ2v) is 6.54. The highest BCUT2D eigenvalue weighted by Crippen LogP contribution is 2.25. The van der Waals surface area contributed by atoms with E-state index in [0.29, 0.717) is 11.6 Å². The molecule has 0 aliphatic carbocycles. The van der Waals surface area contributed by atoms with E-state index >= 15 is 0 Å². The molecule has 0 atom stereocenters. The number of carbonyl (C=O) groups excluding carboxylic acids is 1. The molecule has 1 aromatic heterocycles. The highest BCUT2D eigenvalue weighted by atomic mass is 79.9. The maximum Gasteiger partial charge on any atom is 0.274 e. The second kappa shape index (κ2) is 7.19. The number of amides is 1. The monoisotopic (exact) mass is 375 g/mol. The summed E-state index contributed by atoms with van der Waals surface area (Å²) in [7, 11) is 0. The van der Waals surface area contributed by atoms with Crippen LogP contribution in [0.25, 0.3) is 0 Å². The fraction of sp³-hybridized carbons (Fsp3) is 0.353. The minimum atomic E-state index is -0.217. The molecule has 23 heavy (non-hydrogen) atoms. The summed E-state index contributed by atoms with van der Waals surface area (Å²) in [4.78, 5) is 20.9. The minimum absolute atomic E-state index is 0.217. The maximum atomic E-state index is 12.4. The van der Waals surface area contributed by atoms with Crippen LogP contribution in [0.3, 0.4) is 0 Å². The predicted molar refractivity (Wildman–Crippen MR) is 91.7 cm³/mol. The van der Waals surface area contributed by atoms with Crippen molar-refractivity contribution >= 4 is 27.5 Å². The molecule has 1 N–H and O–H groups in total. The van der Waals surface area contributed by atoms with Crippen LogP contribution in [-0.4, -0.2) is 29.1 Å². The summed E-state index contributed by atoms with van der Waals surface area (Å²) < 4.78 is 6.36. The first-order chi connectivity index (χ1) is 11.1. The van der Waals surface area contributed by atoms with E-state index in [0.717, 1.165) is 47.5 Å². The molecule has 1 aliphatic heterocycles. The molecule has 6 heteroatoms. The Kier molecular flexibility index (Phi) is 5.03. The Hall–Kier alpha value is -1.79. The summed E-state index contributed by atoms with van der Waals surface area (Å²) in [5.74, 6) is 0.124. The Morgan fingerprint density at radius 1 is 1.26 bits per heavy atom. The average molecular weight is 376 g/mol. The topological polar surface area (TPSA) is 64.1 Å². The van der Waals surface area contributed by atoms with Gasteiger partial charge in [-0.2, -0.15) is 0 Å². The van der Waals surface area contributed by atoms with Crippen LogP contribution in [0, 0.1) is 6.92 Å². The quantitative estimate of drug-likeness (QED) is 0.888. The van der Waals surface area contributed by atoms with E-state index in [2.05, 4.69) is 31.2 Å². The molecule has 1 aliphatic rings. The van der Waals surface area contributed by atoms with Crippen LogP contribution in [0.4, 0.5) is 5.69 Å². The normalized spacial score (nSPS) is 15.4. The van der Waals surface area contributed by atoms with Crippen LogP contribution < -0.4 is 5.32 Å². The highest BCUT2D eigenvalue weighted by Gasteiger charge is 2.19. The van der Waals surface area contributed by atoms with Gasteiger partial charge in [-0.25, -0.2) is 9.97 Å². The van der Waals surface area contributed by atoms with E-state index in [-0.39, 0.29) is 5.91 Å². The number of carbonyl (C=O) groups is 1. The Labute approximate surface area is 143 Å².